The Bertz CT molecular complexity index is 31.8. The fourth-order valence-electron chi connectivity index (χ4n) is 0. The molecule has 0 amide bonds. The zero-order valence-electron chi connectivity index (χ0n) is 3.80. The number of carboxylic acid groups (broad SMARTS) is 2. The van der Waals surface area contributed by atoms with Crippen molar-refractivity contribution in [1.29, 1.82) is 0 Å². The van der Waals surface area contributed by atoms with Gasteiger partial charge in [0.15, 0.2) is 0 Å². The standard InChI is InChI=1S/CH2O3.CH3.K/c2-1(3)4;;/h(H2,2,3,4);1H3;. The van der Waals surface area contributed by atoms with Crippen molar-refractivity contribution >= 4 is 55.1 Å². The van der Waals surface area contributed by atoms with Crippen LogP contribution in [0.3, 0.4) is 0 Å². The number of carbonyl (C=O) groups is 1. The van der Waals surface area contributed by atoms with Gasteiger partial charge in [-0.3, -0.25) is 0 Å². The van der Waals surface area contributed by atoms with Gasteiger partial charge in [0.25, 0.3) is 0 Å². The van der Waals surface area contributed by atoms with E-state index in [-0.39, 0.29) is 0 Å². The van der Waals surface area contributed by atoms with Crippen LogP contribution in [0.1, 0.15) is 0 Å². The third-order valence-electron chi connectivity index (χ3n) is 0. The second-order valence-corrected chi connectivity index (χ2v) is 0.283. The first-order valence-electron chi connectivity index (χ1n) is 1.65. The summed E-state index contributed by atoms with van der Waals surface area (Å²) in [6.45, 7) is 0. The quantitative estimate of drug-likeness (QED) is 0.451. The molecule has 0 aromatic carbocycles. The summed E-state index contributed by atoms with van der Waals surface area (Å²) in [6.07, 6.45) is -1.83. The third kappa shape index (κ3) is 91.1. The normalized spacial score (nSPS) is 5.17. The average Bonchev–Trinajstić information content (AvgIpc) is 1.41. The summed E-state index contributed by atoms with van der Waals surface area (Å²) in [5.74, 6) is 0. The van der Waals surface area contributed by atoms with Gasteiger partial charge in [0.1, 0.15) is 0 Å². The van der Waals surface area contributed by atoms with Crippen molar-refractivity contribution in [2.75, 3.05) is 0 Å². The van der Waals surface area contributed by atoms with E-state index in [0.29, 0.717) is 0 Å². The van der Waals surface area contributed by atoms with E-state index >= 15 is 0 Å². The van der Waals surface area contributed by atoms with Crippen LogP contribution in [0.2, 0.25) is 1.02 Å². The first kappa shape index (κ1) is 10.0. The van der Waals surface area contributed by atoms with Crippen LogP contribution in [0, 0.1) is 0 Å². The second-order valence-electron chi connectivity index (χ2n) is 0.283. The first-order chi connectivity index (χ1) is 2.73. The summed E-state index contributed by atoms with van der Waals surface area (Å²) in [5, 5.41) is 13.9. The molecule has 0 heterocycles. The van der Waals surface area contributed by atoms with Crippen LogP contribution in [0.15, 0.2) is 0 Å². The van der Waals surface area contributed by atoms with Crippen molar-refractivity contribution in [2.45, 2.75) is 1.02 Å². The molecule has 6 heavy (non-hydrogen) atoms. The minimum atomic E-state index is -1.83. The van der Waals surface area contributed by atoms with E-state index in [0.717, 1.165) is 49.0 Å². The van der Waals surface area contributed by atoms with Gasteiger partial charge < -0.3 is 10.2 Å². The summed E-state index contributed by atoms with van der Waals surface area (Å²) in [6, 6.07) is 0. The molecule has 0 rings (SSSR count). The zero-order chi connectivity index (χ0) is 5.58. The maximum absolute atomic E-state index is 8.56. The Hall–Kier alpha value is 0.906. The SMILES string of the molecule is O=C(O)O.[CH3][K]. The van der Waals surface area contributed by atoms with E-state index in [2.05, 4.69) is 1.02 Å². The molecule has 0 atom stereocenters. The van der Waals surface area contributed by atoms with Crippen LogP contribution >= 0.6 is 0 Å². The van der Waals surface area contributed by atoms with Gasteiger partial charge in [0.2, 0.25) is 0 Å². The van der Waals surface area contributed by atoms with Crippen LogP contribution in [-0.2, 0) is 0 Å². The van der Waals surface area contributed by atoms with E-state index in [4.69, 9.17) is 15.0 Å². The molecule has 0 aromatic rings. The van der Waals surface area contributed by atoms with Crippen LogP contribution in [0.25, 0.3) is 0 Å². The molecule has 0 aliphatic carbocycles. The maximum atomic E-state index is 8.56. The van der Waals surface area contributed by atoms with E-state index in [1.54, 1.807) is 0 Å². The molecule has 3 nitrogen and oxygen atoms in total. The van der Waals surface area contributed by atoms with E-state index in [1.807, 2.05) is 0 Å². The Morgan fingerprint density at radius 3 is 1.50 bits per heavy atom. The van der Waals surface area contributed by atoms with Crippen LogP contribution in [0.4, 0.5) is 4.79 Å². The van der Waals surface area contributed by atoms with Gasteiger partial charge in [-0.1, -0.05) is 0 Å². The van der Waals surface area contributed by atoms with Crippen molar-refractivity contribution < 1.29 is 15.0 Å². The molecule has 0 radical (unpaired) electrons. The molecule has 0 bridgehead atoms. The molecule has 0 fully saturated rings. The van der Waals surface area contributed by atoms with Crippen LogP contribution in [-0.4, -0.2) is 65.3 Å². The first-order valence-corrected chi connectivity index (χ1v) is 4.77. The molecule has 0 aliphatic heterocycles. The predicted molar refractivity (Wildman–Crippen MR) is 22.3 cm³/mol. The second kappa shape index (κ2) is 9.32. The number of hydrogen-bond acceptors (Lipinski definition) is 1. The zero-order valence-corrected chi connectivity index (χ0v) is 6.93. The third-order valence-corrected chi connectivity index (χ3v) is 0. The van der Waals surface area contributed by atoms with Crippen molar-refractivity contribution in [2.24, 2.45) is 0 Å². The van der Waals surface area contributed by atoms with Gasteiger partial charge in [-0.25, -0.2) is 4.79 Å². The summed E-state index contributed by atoms with van der Waals surface area (Å²) in [7, 11) is 0. The van der Waals surface area contributed by atoms with E-state index in [1.165, 1.54) is 0 Å². The Morgan fingerprint density at radius 2 is 1.50 bits per heavy atom. The number of rotatable bonds is 0. The molecule has 32 valence electrons. The van der Waals surface area contributed by atoms with Crippen LogP contribution < -0.4 is 0 Å². The Kier molecular flexibility index (Phi) is 15.5. The van der Waals surface area contributed by atoms with Gasteiger partial charge in [-0.15, -0.1) is 0 Å². The topological polar surface area (TPSA) is 57.5 Å². The predicted octanol–water partition coefficient (Wildman–Crippen LogP) is 0.425. The molecule has 0 aromatic heterocycles. The van der Waals surface area contributed by atoms with Crippen molar-refractivity contribution in [1.82, 2.24) is 0 Å². The Labute approximate surface area is 69.9 Å². The molecule has 0 unspecified atom stereocenters. The van der Waals surface area contributed by atoms with Crippen molar-refractivity contribution in [3.63, 3.8) is 0 Å². The summed E-state index contributed by atoms with van der Waals surface area (Å²) in [4.78, 5) is 8.56. The molecular weight excluding hydrogens is 111 g/mol. The summed E-state index contributed by atoms with van der Waals surface area (Å²) < 4.78 is 2.19. The van der Waals surface area contributed by atoms with Gasteiger partial charge in [-0.2, -0.15) is 0 Å². The van der Waals surface area contributed by atoms with Crippen LogP contribution in [0.5, 0.6) is 0 Å². The Balaban J connectivity index is 0. The van der Waals surface area contributed by atoms with Crippen molar-refractivity contribution in [3.05, 3.63) is 0 Å². The van der Waals surface area contributed by atoms with Gasteiger partial charge >= 0.3 is 56.1 Å². The summed E-state index contributed by atoms with van der Waals surface area (Å²) in [5.41, 5.74) is 0. The molecule has 0 aliphatic rings. The van der Waals surface area contributed by atoms with Gasteiger partial charge in [0, 0.05) is 0 Å². The molecule has 0 saturated carbocycles. The molecule has 0 saturated heterocycles. The Morgan fingerprint density at radius 1 is 1.50 bits per heavy atom. The van der Waals surface area contributed by atoms with E-state index < -0.39 is 6.16 Å². The minimum absolute atomic E-state index is 1.06. The molecular formula is C2H5KO3. The van der Waals surface area contributed by atoms with Crippen molar-refractivity contribution in [3.8, 4) is 0 Å². The fourth-order valence-corrected chi connectivity index (χ4v) is 0. The molecule has 2 N–H and O–H groups in total. The average molecular weight is 116 g/mol. The fraction of sp³-hybridized carbons (Fsp3) is 0.500. The van der Waals surface area contributed by atoms with Gasteiger partial charge in [-0.05, 0) is 0 Å². The molecule has 0 spiro atoms. The number of hydrogen-bond donors (Lipinski definition) is 2. The molecule has 4 heteroatoms. The summed E-state index contributed by atoms with van der Waals surface area (Å²) >= 11 is 1.06. The monoisotopic (exact) mass is 116 g/mol. The van der Waals surface area contributed by atoms with E-state index in [9.17, 15) is 0 Å². The van der Waals surface area contributed by atoms with Gasteiger partial charge in [0.05, 0.1) is 0 Å².